The van der Waals surface area contributed by atoms with Gasteiger partial charge in [-0.1, -0.05) is 0 Å². The van der Waals surface area contributed by atoms with E-state index < -0.39 is 0 Å². The Kier molecular flexibility index (Phi) is 2.30. The molecule has 0 aliphatic heterocycles. The number of methoxy groups -OCH3 is 1. The van der Waals surface area contributed by atoms with Crippen molar-refractivity contribution in [1.29, 1.82) is 0 Å². The average Bonchev–Trinajstić information content (AvgIpc) is 2.81. The van der Waals surface area contributed by atoms with E-state index in [2.05, 4.69) is 4.98 Å². The number of ether oxygens (including phenoxy) is 1. The van der Waals surface area contributed by atoms with Gasteiger partial charge in [0.2, 0.25) is 0 Å². The lowest BCUT2D eigenvalue weighted by Crippen LogP contribution is -1.95. The maximum absolute atomic E-state index is 11.0. The number of nitrogens with zero attached hydrogens (tertiary/aromatic N) is 2. The van der Waals surface area contributed by atoms with Crippen molar-refractivity contribution in [2.75, 3.05) is 7.11 Å². The molecule has 0 unspecified atom stereocenters. The third-order valence-electron chi connectivity index (χ3n) is 3.15. The van der Waals surface area contributed by atoms with Gasteiger partial charge >= 0.3 is 0 Å². The molecule has 0 atom stereocenters. The average molecular weight is 240 g/mol. The number of pyridine rings is 1. The molecule has 2 aromatic heterocycles. The number of aldehydes is 1. The molecule has 4 heteroatoms. The second-order valence-corrected chi connectivity index (χ2v) is 4.20. The number of fused-ring (bicyclic) bond motifs is 3. The molecule has 0 amide bonds. The fourth-order valence-corrected chi connectivity index (χ4v) is 2.25. The minimum absolute atomic E-state index is 0.556. The van der Waals surface area contributed by atoms with E-state index in [1.807, 2.05) is 35.6 Å². The van der Waals surface area contributed by atoms with Crippen LogP contribution >= 0.6 is 0 Å². The molecule has 3 aromatic rings. The number of aromatic nitrogens is 2. The molecule has 0 spiro atoms. The zero-order valence-electron chi connectivity index (χ0n) is 10.2. The number of imidazole rings is 1. The maximum atomic E-state index is 11.0. The van der Waals surface area contributed by atoms with Crippen LogP contribution in [0.15, 0.2) is 30.5 Å². The zero-order valence-corrected chi connectivity index (χ0v) is 10.2. The van der Waals surface area contributed by atoms with Crippen molar-refractivity contribution in [1.82, 2.24) is 9.38 Å². The first-order chi connectivity index (χ1) is 8.74. The van der Waals surface area contributed by atoms with Gasteiger partial charge in [0.25, 0.3) is 0 Å². The molecule has 90 valence electrons. The van der Waals surface area contributed by atoms with Crippen molar-refractivity contribution in [3.05, 3.63) is 41.7 Å². The highest BCUT2D eigenvalue weighted by molar-refractivity contribution is 5.89. The minimum atomic E-state index is 0.556. The van der Waals surface area contributed by atoms with Gasteiger partial charge in [0.15, 0.2) is 6.29 Å². The van der Waals surface area contributed by atoms with Crippen molar-refractivity contribution in [2.45, 2.75) is 6.92 Å². The predicted molar refractivity (Wildman–Crippen MR) is 69.4 cm³/mol. The molecule has 0 aliphatic rings. The van der Waals surface area contributed by atoms with Gasteiger partial charge in [-0.05, 0) is 36.8 Å². The van der Waals surface area contributed by atoms with Crippen molar-refractivity contribution in [3.8, 4) is 5.75 Å². The molecular formula is C14H12N2O2. The summed E-state index contributed by atoms with van der Waals surface area (Å²) in [4.78, 5) is 15.3. The van der Waals surface area contributed by atoms with E-state index in [-0.39, 0.29) is 0 Å². The maximum Gasteiger partial charge on any atom is 0.168 e. The van der Waals surface area contributed by atoms with Crippen LogP contribution in [-0.4, -0.2) is 22.8 Å². The standard InChI is InChI=1S/C14H12N2O2/c1-9-5-14-15-7-10(8-17)16(14)13-4-3-11(18-2)6-12(9)13/h3-8H,1-2H3. The highest BCUT2D eigenvalue weighted by Gasteiger charge is 2.09. The van der Waals surface area contributed by atoms with Gasteiger partial charge in [0, 0.05) is 5.39 Å². The third-order valence-corrected chi connectivity index (χ3v) is 3.15. The van der Waals surface area contributed by atoms with Crippen molar-refractivity contribution in [2.24, 2.45) is 0 Å². The predicted octanol–water partition coefficient (Wildman–Crippen LogP) is 2.62. The van der Waals surface area contributed by atoms with E-state index in [0.717, 1.165) is 34.1 Å². The number of carbonyl (C=O) groups is 1. The Morgan fingerprint density at radius 1 is 1.33 bits per heavy atom. The molecule has 2 heterocycles. The Bertz CT molecular complexity index is 759. The minimum Gasteiger partial charge on any atom is -0.497 e. The van der Waals surface area contributed by atoms with Gasteiger partial charge in [-0.3, -0.25) is 9.20 Å². The van der Waals surface area contributed by atoms with Gasteiger partial charge in [0.05, 0.1) is 18.8 Å². The monoisotopic (exact) mass is 240 g/mol. The van der Waals surface area contributed by atoms with Gasteiger partial charge in [0.1, 0.15) is 17.1 Å². The number of rotatable bonds is 2. The van der Waals surface area contributed by atoms with Crippen LogP contribution in [-0.2, 0) is 0 Å². The lowest BCUT2D eigenvalue weighted by Gasteiger charge is -2.08. The number of carbonyl (C=O) groups excluding carboxylic acids is 1. The van der Waals surface area contributed by atoms with E-state index in [0.29, 0.717) is 5.69 Å². The van der Waals surface area contributed by atoms with Crippen LogP contribution in [0.25, 0.3) is 16.6 Å². The molecule has 4 nitrogen and oxygen atoms in total. The van der Waals surface area contributed by atoms with E-state index in [1.165, 1.54) is 0 Å². The molecule has 1 aromatic carbocycles. The fraction of sp³-hybridized carbons (Fsp3) is 0.143. The molecule has 0 radical (unpaired) electrons. The van der Waals surface area contributed by atoms with Gasteiger partial charge in [-0.25, -0.2) is 4.98 Å². The Labute approximate surface area is 104 Å². The molecule has 0 bridgehead atoms. The summed E-state index contributed by atoms with van der Waals surface area (Å²) >= 11 is 0. The normalized spacial score (nSPS) is 11.0. The highest BCUT2D eigenvalue weighted by atomic mass is 16.5. The van der Waals surface area contributed by atoms with Gasteiger partial charge < -0.3 is 4.74 Å². The Morgan fingerprint density at radius 2 is 2.17 bits per heavy atom. The summed E-state index contributed by atoms with van der Waals surface area (Å²) in [6, 6.07) is 7.77. The number of aryl methyl sites for hydroxylation is 1. The van der Waals surface area contributed by atoms with E-state index in [4.69, 9.17) is 4.74 Å². The number of benzene rings is 1. The number of hydrogen-bond donors (Lipinski definition) is 0. The Morgan fingerprint density at radius 3 is 2.89 bits per heavy atom. The molecule has 18 heavy (non-hydrogen) atoms. The van der Waals surface area contributed by atoms with Crippen LogP contribution < -0.4 is 4.74 Å². The first-order valence-corrected chi connectivity index (χ1v) is 5.64. The third kappa shape index (κ3) is 1.39. The molecular weight excluding hydrogens is 228 g/mol. The van der Waals surface area contributed by atoms with Crippen LogP contribution in [0.2, 0.25) is 0 Å². The smallest absolute Gasteiger partial charge is 0.168 e. The molecule has 0 aliphatic carbocycles. The van der Waals surface area contributed by atoms with Crippen molar-refractivity contribution >= 4 is 22.8 Å². The summed E-state index contributed by atoms with van der Waals surface area (Å²) in [6.45, 7) is 2.02. The van der Waals surface area contributed by atoms with E-state index >= 15 is 0 Å². The zero-order chi connectivity index (χ0) is 12.7. The van der Waals surface area contributed by atoms with Crippen LogP contribution in [0, 0.1) is 6.92 Å². The summed E-state index contributed by atoms with van der Waals surface area (Å²) in [7, 11) is 1.64. The van der Waals surface area contributed by atoms with Gasteiger partial charge in [-0.2, -0.15) is 0 Å². The number of hydrogen-bond acceptors (Lipinski definition) is 3. The van der Waals surface area contributed by atoms with Crippen LogP contribution in [0.4, 0.5) is 0 Å². The quantitative estimate of drug-likeness (QED) is 0.647. The summed E-state index contributed by atoms with van der Waals surface area (Å²) in [5.74, 6) is 0.803. The first kappa shape index (κ1) is 10.8. The highest BCUT2D eigenvalue weighted by Crippen LogP contribution is 2.26. The molecule has 0 N–H and O–H groups in total. The summed E-state index contributed by atoms with van der Waals surface area (Å²) in [6.07, 6.45) is 2.41. The largest absolute Gasteiger partial charge is 0.497 e. The van der Waals surface area contributed by atoms with E-state index in [1.54, 1.807) is 13.3 Å². The second-order valence-electron chi connectivity index (χ2n) is 4.20. The Balaban J connectivity index is 2.51. The lowest BCUT2D eigenvalue weighted by atomic mass is 10.1. The lowest BCUT2D eigenvalue weighted by molar-refractivity contribution is 0.111. The SMILES string of the molecule is COc1ccc2c(c1)c(C)cc1ncc(C=O)n12. The van der Waals surface area contributed by atoms with Gasteiger partial charge in [-0.15, -0.1) is 0 Å². The fourth-order valence-electron chi connectivity index (χ4n) is 2.25. The van der Waals surface area contributed by atoms with Crippen LogP contribution in [0.3, 0.4) is 0 Å². The molecule has 3 rings (SSSR count). The summed E-state index contributed by atoms with van der Waals surface area (Å²) in [5.41, 5.74) is 3.41. The Hall–Kier alpha value is -2.36. The molecule has 0 saturated carbocycles. The topological polar surface area (TPSA) is 43.6 Å². The van der Waals surface area contributed by atoms with E-state index in [9.17, 15) is 4.79 Å². The second kappa shape index (κ2) is 3.84. The van der Waals surface area contributed by atoms with Crippen molar-refractivity contribution < 1.29 is 9.53 Å². The summed E-state index contributed by atoms with van der Waals surface area (Å²) in [5, 5.41) is 1.06. The van der Waals surface area contributed by atoms with Crippen molar-refractivity contribution in [3.63, 3.8) is 0 Å². The van der Waals surface area contributed by atoms with Crippen LogP contribution in [0.1, 0.15) is 16.1 Å². The van der Waals surface area contributed by atoms with Crippen LogP contribution in [0.5, 0.6) is 5.75 Å². The molecule has 0 fully saturated rings. The summed E-state index contributed by atoms with van der Waals surface area (Å²) < 4.78 is 7.09. The molecule has 0 saturated heterocycles. The first-order valence-electron chi connectivity index (χ1n) is 5.64.